The fourth-order valence-electron chi connectivity index (χ4n) is 2.80. The summed E-state index contributed by atoms with van der Waals surface area (Å²) in [6, 6.07) is 6.12. The Morgan fingerprint density at radius 1 is 1.15 bits per heavy atom. The van der Waals surface area contributed by atoms with Gasteiger partial charge in [-0.25, -0.2) is 0 Å². The minimum Gasteiger partial charge on any atom is -0.349 e. The Labute approximate surface area is 118 Å². The van der Waals surface area contributed by atoms with Gasteiger partial charge in [0.2, 0.25) is 5.91 Å². The standard InChI is InChI=1S/C16H18N2O2/c19-15(17-13-5-6-13)12-4-1-10-7-8-18(14(10)9-12)16(20)11-2-3-11/h1,4,9,11,13H,2-3,5-8H2,(H,17,19). The van der Waals surface area contributed by atoms with E-state index >= 15 is 0 Å². The van der Waals surface area contributed by atoms with Gasteiger partial charge in [0.05, 0.1) is 0 Å². The van der Waals surface area contributed by atoms with Crippen molar-refractivity contribution < 1.29 is 9.59 Å². The van der Waals surface area contributed by atoms with Gasteiger partial charge in [-0.2, -0.15) is 0 Å². The number of nitrogens with one attached hydrogen (secondary N) is 1. The molecule has 104 valence electrons. The van der Waals surface area contributed by atoms with Crippen LogP contribution in [0.3, 0.4) is 0 Å². The number of hydrogen-bond donors (Lipinski definition) is 1. The summed E-state index contributed by atoms with van der Waals surface area (Å²) in [5, 5.41) is 3.00. The molecule has 4 heteroatoms. The van der Waals surface area contributed by atoms with Crippen LogP contribution in [0.2, 0.25) is 0 Å². The lowest BCUT2D eigenvalue weighted by Crippen LogP contribution is -2.30. The first-order valence-corrected chi connectivity index (χ1v) is 7.47. The molecule has 1 aromatic carbocycles. The van der Waals surface area contributed by atoms with Crippen molar-refractivity contribution in [3.8, 4) is 0 Å². The Bertz CT molecular complexity index is 588. The van der Waals surface area contributed by atoms with Gasteiger partial charge in [-0.3, -0.25) is 9.59 Å². The first-order chi connectivity index (χ1) is 9.72. The zero-order chi connectivity index (χ0) is 13.7. The Kier molecular flexibility index (Phi) is 2.59. The Morgan fingerprint density at radius 3 is 2.65 bits per heavy atom. The topological polar surface area (TPSA) is 49.4 Å². The van der Waals surface area contributed by atoms with Crippen LogP contribution in [0.4, 0.5) is 5.69 Å². The van der Waals surface area contributed by atoms with Gasteiger partial charge in [0, 0.05) is 29.8 Å². The fourth-order valence-corrected chi connectivity index (χ4v) is 2.80. The van der Waals surface area contributed by atoms with E-state index in [1.807, 2.05) is 23.1 Å². The van der Waals surface area contributed by atoms with E-state index in [-0.39, 0.29) is 17.7 Å². The minimum atomic E-state index is -0.0129. The van der Waals surface area contributed by atoms with E-state index in [1.54, 1.807) is 0 Å². The van der Waals surface area contributed by atoms with Crippen LogP contribution >= 0.6 is 0 Å². The van der Waals surface area contributed by atoms with Crippen molar-refractivity contribution in [2.45, 2.75) is 38.1 Å². The maximum absolute atomic E-state index is 12.3. The number of benzene rings is 1. The van der Waals surface area contributed by atoms with Crippen molar-refractivity contribution in [1.82, 2.24) is 5.32 Å². The van der Waals surface area contributed by atoms with Gasteiger partial charge in [0.25, 0.3) is 5.91 Å². The largest absolute Gasteiger partial charge is 0.349 e. The summed E-state index contributed by atoms with van der Waals surface area (Å²) in [6.45, 7) is 0.762. The predicted octanol–water partition coefficient (Wildman–Crippen LogP) is 1.88. The summed E-state index contributed by atoms with van der Waals surface area (Å²) in [5.74, 6) is 0.453. The molecule has 1 aliphatic heterocycles. The third kappa shape index (κ3) is 2.09. The summed E-state index contributed by atoms with van der Waals surface area (Å²) in [7, 11) is 0. The van der Waals surface area contributed by atoms with Gasteiger partial charge in [-0.05, 0) is 49.8 Å². The van der Waals surface area contributed by atoms with Gasteiger partial charge >= 0.3 is 0 Å². The summed E-state index contributed by atoms with van der Waals surface area (Å²) in [6.07, 6.45) is 5.11. The lowest BCUT2D eigenvalue weighted by Gasteiger charge is -2.17. The number of rotatable bonds is 3. The van der Waals surface area contributed by atoms with E-state index in [2.05, 4.69) is 5.32 Å². The lowest BCUT2D eigenvalue weighted by molar-refractivity contribution is -0.119. The van der Waals surface area contributed by atoms with Gasteiger partial charge < -0.3 is 10.2 Å². The van der Waals surface area contributed by atoms with Gasteiger partial charge in [0.15, 0.2) is 0 Å². The van der Waals surface area contributed by atoms with Crippen molar-refractivity contribution >= 4 is 17.5 Å². The summed E-state index contributed by atoms with van der Waals surface area (Å²) < 4.78 is 0. The second-order valence-electron chi connectivity index (χ2n) is 6.11. The van der Waals surface area contributed by atoms with Crippen LogP contribution in [0.1, 0.15) is 41.6 Å². The molecule has 4 rings (SSSR count). The first kappa shape index (κ1) is 11.9. The quantitative estimate of drug-likeness (QED) is 0.911. The van der Waals surface area contributed by atoms with E-state index in [1.165, 1.54) is 5.56 Å². The van der Waals surface area contributed by atoms with Gasteiger partial charge in [-0.1, -0.05) is 6.07 Å². The summed E-state index contributed by atoms with van der Waals surface area (Å²) in [5.41, 5.74) is 2.80. The van der Waals surface area contributed by atoms with E-state index in [9.17, 15) is 9.59 Å². The van der Waals surface area contributed by atoms with Crippen molar-refractivity contribution in [2.24, 2.45) is 5.92 Å². The molecule has 0 atom stereocenters. The van der Waals surface area contributed by atoms with Crippen molar-refractivity contribution in [3.63, 3.8) is 0 Å². The van der Waals surface area contributed by atoms with Crippen molar-refractivity contribution in [2.75, 3.05) is 11.4 Å². The normalized spacial score (nSPS) is 20.7. The summed E-state index contributed by atoms with van der Waals surface area (Å²) in [4.78, 5) is 26.2. The average molecular weight is 270 g/mol. The molecular weight excluding hydrogens is 252 g/mol. The molecule has 1 heterocycles. The van der Waals surface area contributed by atoms with Gasteiger partial charge in [0.1, 0.15) is 0 Å². The minimum absolute atomic E-state index is 0.0129. The molecule has 3 aliphatic rings. The Morgan fingerprint density at radius 2 is 1.95 bits per heavy atom. The monoisotopic (exact) mass is 270 g/mol. The molecule has 2 aliphatic carbocycles. The molecule has 0 unspecified atom stereocenters. The molecule has 2 saturated carbocycles. The molecule has 0 saturated heterocycles. The first-order valence-electron chi connectivity index (χ1n) is 7.47. The van der Waals surface area contributed by atoms with Crippen molar-refractivity contribution in [1.29, 1.82) is 0 Å². The highest BCUT2D eigenvalue weighted by Crippen LogP contribution is 2.36. The molecule has 2 amide bonds. The predicted molar refractivity (Wildman–Crippen MR) is 75.7 cm³/mol. The zero-order valence-electron chi connectivity index (χ0n) is 11.4. The van der Waals surface area contributed by atoms with Crippen LogP contribution in [0.25, 0.3) is 0 Å². The van der Waals surface area contributed by atoms with Crippen LogP contribution in [-0.4, -0.2) is 24.4 Å². The molecule has 1 N–H and O–H groups in total. The number of anilines is 1. The second-order valence-corrected chi connectivity index (χ2v) is 6.11. The maximum atomic E-state index is 12.3. The molecule has 20 heavy (non-hydrogen) atoms. The summed E-state index contributed by atoms with van der Waals surface area (Å²) >= 11 is 0. The second kappa shape index (κ2) is 4.33. The van der Waals surface area contributed by atoms with Gasteiger partial charge in [-0.15, -0.1) is 0 Å². The van der Waals surface area contributed by atoms with Crippen LogP contribution in [0.5, 0.6) is 0 Å². The molecule has 4 nitrogen and oxygen atoms in total. The SMILES string of the molecule is O=C(NC1CC1)c1ccc2c(c1)N(C(=O)C1CC1)CC2. The highest BCUT2D eigenvalue weighted by Gasteiger charge is 2.36. The van der Waals surface area contributed by atoms with Crippen molar-refractivity contribution in [3.05, 3.63) is 29.3 Å². The van der Waals surface area contributed by atoms with Crippen LogP contribution in [-0.2, 0) is 11.2 Å². The average Bonchev–Trinajstić information content (AvgIpc) is 3.35. The molecule has 1 aromatic rings. The number of fused-ring (bicyclic) bond motifs is 1. The molecular formula is C16H18N2O2. The van der Waals surface area contributed by atoms with Crippen LogP contribution in [0.15, 0.2) is 18.2 Å². The highest BCUT2D eigenvalue weighted by molar-refractivity contribution is 6.01. The van der Waals surface area contributed by atoms with Crippen LogP contribution in [0, 0.1) is 5.92 Å². The maximum Gasteiger partial charge on any atom is 0.251 e. The zero-order valence-corrected chi connectivity index (χ0v) is 11.4. The lowest BCUT2D eigenvalue weighted by atomic mass is 10.1. The molecule has 2 fully saturated rings. The number of carbonyl (C=O) groups excluding carboxylic acids is 2. The van der Waals surface area contributed by atoms with E-state index in [0.717, 1.165) is 44.3 Å². The third-order valence-electron chi connectivity index (χ3n) is 4.35. The third-order valence-corrected chi connectivity index (χ3v) is 4.35. The number of carbonyl (C=O) groups is 2. The fraction of sp³-hybridized carbons (Fsp3) is 0.500. The number of amides is 2. The smallest absolute Gasteiger partial charge is 0.251 e. The molecule has 0 bridgehead atoms. The molecule has 0 aromatic heterocycles. The van der Waals surface area contributed by atoms with E-state index in [0.29, 0.717) is 11.6 Å². The number of hydrogen-bond acceptors (Lipinski definition) is 2. The number of nitrogens with zero attached hydrogens (tertiary/aromatic N) is 1. The molecule has 0 spiro atoms. The molecule has 0 radical (unpaired) electrons. The highest BCUT2D eigenvalue weighted by atomic mass is 16.2. The van der Waals surface area contributed by atoms with E-state index in [4.69, 9.17) is 0 Å². The Hall–Kier alpha value is -1.84. The Balaban J connectivity index is 1.59. The van der Waals surface area contributed by atoms with E-state index < -0.39 is 0 Å². The van der Waals surface area contributed by atoms with Crippen LogP contribution < -0.4 is 10.2 Å².